The van der Waals surface area contributed by atoms with E-state index in [1.54, 1.807) is 0 Å². The van der Waals surface area contributed by atoms with Gasteiger partial charge in [-0.15, -0.1) is 0 Å². The molecule has 0 bridgehead atoms. The van der Waals surface area contributed by atoms with Crippen molar-refractivity contribution < 1.29 is 9.90 Å². The van der Waals surface area contributed by atoms with Gasteiger partial charge in [0.25, 0.3) is 0 Å². The maximum Gasteiger partial charge on any atom is 0.306 e. The predicted octanol–water partition coefficient (Wildman–Crippen LogP) is 3.24. The first kappa shape index (κ1) is 13.2. The van der Waals surface area contributed by atoms with E-state index < -0.39 is 5.97 Å². The van der Waals surface area contributed by atoms with E-state index in [-0.39, 0.29) is 5.92 Å². The van der Waals surface area contributed by atoms with Gasteiger partial charge in [-0.2, -0.15) is 5.10 Å². The largest absolute Gasteiger partial charge is 0.481 e. The number of nitrogens with zero attached hydrogens (tertiary/aromatic N) is 2. The van der Waals surface area contributed by atoms with Crippen molar-refractivity contribution in [3.63, 3.8) is 0 Å². The SMILES string of the molecule is Cc1c2ccccc2nn1CC1CCC(C(=O)O)CC1. The lowest BCUT2D eigenvalue weighted by Gasteiger charge is -2.26. The second-order valence-corrected chi connectivity index (χ2v) is 5.84. The molecule has 1 aliphatic rings. The minimum atomic E-state index is -0.635. The van der Waals surface area contributed by atoms with E-state index in [1.807, 2.05) is 18.2 Å². The van der Waals surface area contributed by atoms with E-state index in [0.717, 1.165) is 37.7 Å². The number of rotatable bonds is 3. The van der Waals surface area contributed by atoms with Crippen LogP contribution in [-0.2, 0) is 11.3 Å². The number of fused-ring (bicyclic) bond motifs is 1. The van der Waals surface area contributed by atoms with Crippen LogP contribution in [0.15, 0.2) is 24.3 Å². The first-order chi connectivity index (χ1) is 9.65. The molecule has 1 N–H and O–H groups in total. The molecule has 0 atom stereocenters. The van der Waals surface area contributed by atoms with Gasteiger partial charge in [-0.05, 0) is 44.6 Å². The van der Waals surface area contributed by atoms with Crippen LogP contribution in [0.2, 0.25) is 0 Å². The molecule has 2 aromatic rings. The third-order valence-electron chi connectivity index (χ3n) is 4.54. The standard InChI is InChI=1S/C16H20N2O2/c1-11-14-4-2-3-5-15(14)17-18(11)10-12-6-8-13(9-7-12)16(19)20/h2-5,12-13H,6-10H2,1H3,(H,19,20). The van der Waals surface area contributed by atoms with Gasteiger partial charge >= 0.3 is 5.97 Å². The van der Waals surface area contributed by atoms with Crippen molar-refractivity contribution in [1.29, 1.82) is 0 Å². The third kappa shape index (κ3) is 2.42. The molecule has 1 aromatic heterocycles. The van der Waals surface area contributed by atoms with Crippen molar-refractivity contribution in [3.8, 4) is 0 Å². The number of carboxylic acid groups (broad SMARTS) is 1. The molecule has 4 nitrogen and oxygen atoms in total. The zero-order chi connectivity index (χ0) is 14.1. The second kappa shape index (κ2) is 5.27. The summed E-state index contributed by atoms with van der Waals surface area (Å²) in [6.07, 6.45) is 3.60. The average Bonchev–Trinajstić information content (AvgIpc) is 2.77. The van der Waals surface area contributed by atoms with E-state index in [9.17, 15) is 4.79 Å². The molecule has 0 radical (unpaired) electrons. The highest BCUT2D eigenvalue weighted by atomic mass is 16.4. The summed E-state index contributed by atoms with van der Waals surface area (Å²) in [4.78, 5) is 11.0. The van der Waals surface area contributed by atoms with Crippen LogP contribution in [0, 0.1) is 18.8 Å². The smallest absolute Gasteiger partial charge is 0.306 e. The van der Waals surface area contributed by atoms with Crippen LogP contribution in [0.1, 0.15) is 31.4 Å². The Morgan fingerprint density at radius 1 is 1.30 bits per heavy atom. The molecular weight excluding hydrogens is 252 g/mol. The van der Waals surface area contributed by atoms with Crippen molar-refractivity contribution in [2.75, 3.05) is 0 Å². The van der Waals surface area contributed by atoms with Crippen LogP contribution < -0.4 is 0 Å². The van der Waals surface area contributed by atoms with Gasteiger partial charge in [0.2, 0.25) is 0 Å². The lowest BCUT2D eigenvalue weighted by molar-refractivity contribution is -0.143. The Morgan fingerprint density at radius 3 is 2.65 bits per heavy atom. The van der Waals surface area contributed by atoms with E-state index in [2.05, 4.69) is 22.8 Å². The number of carboxylic acids is 1. The molecule has 0 amide bonds. The molecule has 1 heterocycles. The van der Waals surface area contributed by atoms with Gasteiger partial charge in [0.15, 0.2) is 0 Å². The number of aromatic nitrogens is 2. The highest BCUT2D eigenvalue weighted by Gasteiger charge is 2.26. The van der Waals surface area contributed by atoms with Gasteiger partial charge < -0.3 is 5.11 Å². The quantitative estimate of drug-likeness (QED) is 0.933. The Kier molecular flexibility index (Phi) is 3.47. The Balaban J connectivity index is 1.71. The van der Waals surface area contributed by atoms with E-state index >= 15 is 0 Å². The molecule has 1 fully saturated rings. The number of hydrogen-bond donors (Lipinski definition) is 1. The highest BCUT2D eigenvalue weighted by Crippen LogP contribution is 2.30. The Hall–Kier alpha value is -1.84. The fraction of sp³-hybridized carbons (Fsp3) is 0.500. The van der Waals surface area contributed by atoms with Gasteiger partial charge in [-0.3, -0.25) is 9.48 Å². The summed E-state index contributed by atoms with van der Waals surface area (Å²) < 4.78 is 2.09. The molecule has 3 rings (SSSR count). The van der Waals surface area contributed by atoms with Crippen molar-refractivity contribution in [1.82, 2.24) is 9.78 Å². The lowest BCUT2D eigenvalue weighted by atomic mass is 9.82. The molecule has 4 heteroatoms. The van der Waals surface area contributed by atoms with Gasteiger partial charge in [-0.1, -0.05) is 18.2 Å². The third-order valence-corrected chi connectivity index (χ3v) is 4.54. The second-order valence-electron chi connectivity index (χ2n) is 5.84. The van der Waals surface area contributed by atoms with Crippen molar-refractivity contribution in [3.05, 3.63) is 30.0 Å². The van der Waals surface area contributed by atoms with E-state index in [4.69, 9.17) is 5.11 Å². The first-order valence-corrected chi connectivity index (χ1v) is 7.30. The van der Waals surface area contributed by atoms with Gasteiger partial charge in [-0.25, -0.2) is 0 Å². The summed E-state index contributed by atoms with van der Waals surface area (Å²) in [5.41, 5.74) is 2.25. The van der Waals surface area contributed by atoms with Crippen LogP contribution in [0.25, 0.3) is 10.9 Å². The lowest BCUT2D eigenvalue weighted by Crippen LogP contribution is -2.24. The number of carbonyl (C=O) groups is 1. The van der Waals surface area contributed by atoms with Crippen LogP contribution >= 0.6 is 0 Å². The molecule has 0 spiro atoms. The zero-order valence-corrected chi connectivity index (χ0v) is 11.7. The summed E-state index contributed by atoms with van der Waals surface area (Å²) in [7, 11) is 0. The average molecular weight is 272 g/mol. The van der Waals surface area contributed by atoms with Crippen molar-refractivity contribution in [2.24, 2.45) is 11.8 Å². The number of hydrogen-bond acceptors (Lipinski definition) is 2. The molecule has 20 heavy (non-hydrogen) atoms. The first-order valence-electron chi connectivity index (χ1n) is 7.30. The molecule has 0 aliphatic heterocycles. The van der Waals surface area contributed by atoms with Gasteiger partial charge in [0.05, 0.1) is 11.4 Å². The molecular formula is C16H20N2O2. The highest BCUT2D eigenvalue weighted by molar-refractivity contribution is 5.81. The van der Waals surface area contributed by atoms with Crippen LogP contribution in [0.4, 0.5) is 0 Å². The summed E-state index contributed by atoms with van der Waals surface area (Å²) in [5.74, 6) is -0.216. The van der Waals surface area contributed by atoms with Crippen molar-refractivity contribution >= 4 is 16.9 Å². The van der Waals surface area contributed by atoms with Gasteiger partial charge in [0.1, 0.15) is 0 Å². The molecule has 1 aromatic carbocycles. The van der Waals surface area contributed by atoms with Crippen LogP contribution in [0.5, 0.6) is 0 Å². The number of aliphatic carboxylic acids is 1. The van der Waals surface area contributed by atoms with E-state index in [0.29, 0.717) is 5.92 Å². The Labute approximate surface area is 118 Å². The van der Waals surface area contributed by atoms with Crippen molar-refractivity contribution in [2.45, 2.75) is 39.2 Å². The maximum absolute atomic E-state index is 11.0. The Bertz CT molecular complexity index is 624. The zero-order valence-electron chi connectivity index (χ0n) is 11.7. The van der Waals surface area contributed by atoms with Crippen LogP contribution in [0.3, 0.4) is 0 Å². The molecule has 0 unspecified atom stereocenters. The summed E-state index contributed by atoms with van der Waals surface area (Å²) in [6, 6.07) is 8.20. The monoisotopic (exact) mass is 272 g/mol. The summed E-state index contributed by atoms with van der Waals surface area (Å²) in [6.45, 7) is 3.02. The maximum atomic E-state index is 11.0. The molecule has 106 valence electrons. The molecule has 0 saturated heterocycles. The predicted molar refractivity (Wildman–Crippen MR) is 77.6 cm³/mol. The van der Waals surface area contributed by atoms with Crippen LogP contribution in [-0.4, -0.2) is 20.9 Å². The molecule has 1 saturated carbocycles. The van der Waals surface area contributed by atoms with E-state index in [1.165, 1.54) is 11.1 Å². The Morgan fingerprint density at radius 2 is 2.00 bits per heavy atom. The van der Waals surface area contributed by atoms with Gasteiger partial charge in [0, 0.05) is 17.6 Å². The summed E-state index contributed by atoms with van der Waals surface area (Å²) >= 11 is 0. The normalized spacial score (nSPS) is 23.1. The fourth-order valence-corrected chi connectivity index (χ4v) is 3.23. The fourth-order valence-electron chi connectivity index (χ4n) is 3.23. The topological polar surface area (TPSA) is 55.1 Å². The molecule has 1 aliphatic carbocycles. The summed E-state index contributed by atoms with van der Waals surface area (Å²) in [5, 5.41) is 14.9. The minimum absolute atomic E-state index is 0.135. The number of benzene rings is 1. The number of aryl methyl sites for hydroxylation is 1. The minimum Gasteiger partial charge on any atom is -0.481 e.